The van der Waals surface area contributed by atoms with E-state index in [-0.39, 0.29) is 18.5 Å². The Morgan fingerprint density at radius 1 is 0.403 bits per heavy atom. The number of allylic oxidation sites excluding steroid dienone is 2. The van der Waals surface area contributed by atoms with Crippen molar-refractivity contribution in [1.29, 1.82) is 0 Å². The summed E-state index contributed by atoms with van der Waals surface area (Å²) in [6.45, 7) is 4.93. The second-order valence-electron chi connectivity index (χ2n) is 21.0. The number of unbranched alkanes of at least 4 members (excludes halogenated alkanes) is 44. The van der Waals surface area contributed by atoms with E-state index in [9.17, 15) is 19.8 Å². The molecule has 3 N–H and O–H groups in total. The van der Waals surface area contributed by atoms with E-state index in [0.29, 0.717) is 25.9 Å². The molecule has 0 spiro atoms. The van der Waals surface area contributed by atoms with Crippen LogP contribution in [0.25, 0.3) is 0 Å². The third-order valence-electron chi connectivity index (χ3n) is 14.3. The number of amides is 1. The lowest BCUT2D eigenvalue weighted by Gasteiger charge is -2.22. The van der Waals surface area contributed by atoms with Crippen molar-refractivity contribution < 1.29 is 24.5 Å². The molecule has 0 radical (unpaired) electrons. The molecule has 0 aliphatic heterocycles. The molecule has 0 aromatic carbocycles. The average Bonchev–Trinajstić information content (AvgIpc) is 3.33. The smallest absolute Gasteiger partial charge is 0.305 e. The van der Waals surface area contributed by atoms with Crippen molar-refractivity contribution in [2.45, 2.75) is 353 Å². The molecule has 0 heterocycles. The number of aliphatic hydroxyl groups excluding tert-OH is 2. The lowest BCUT2D eigenvalue weighted by Crippen LogP contribution is -2.45. The molecule has 0 saturated carbocycles. The van der Waals surface area contributed by atoms with Gasteiger partial charge in [0.2, 0.25) is 5.91 Å². The van der Waals surface area contributed by atoms with E-state index in [4.69, 9.17) is 4.74 Å². The van der Waals surface area contributed by atoms with Crippen molar-refractivity contribution in [3.63, 3.8) is 0 Å². The summed E-state index contributed by atoms with van der Waals surface area (Å²) >= 11 is 0. The van der Waals surface area contributed by atoms with Crippen molar-refractivity contribution in [2.75, 3.05) is 13.2 Å². The van der Waals surface area contributed by atoms with Crippen LogP contribution in [-0.4, -0.2) is 47.4 Å². The quantitative estimate of drug-likeness (QED) is 0.0321. The van der Waals surface area contributed by atoms with Gasteiger partial charge >= 0.3 is 5.97 Å². The van der Waals surface area contributed by atoms with E-state index in [1.54, 1.807) is 0 Å². The van der Waals surface area contributed by atoms with Crippen LogP contribution < -0.4 is 5.32 Å². The summed E-state index contributed by atoms with van der Waals surface area (Å²) in [7, 11) is 0. The predicted molar refractivity (Wildman–Crippen MR) is 292 cm³/mol. The first-order valence-corrected chi connectivity index (χ1v) is 30.4. The molecule has 67 heavy (non-hydrogen) atoms. The Labute approximate surface area is 419 Å². The molecular weight excluding hydrogens is 827 g/mol. The van der Waals surface area contributed by atoms with Crippen LogP contribution in [0.3, 0.4) is 0 Å². The number of hydrogen-bond acceptors (Lipinski definition) is 5. The number of esters is 1. The standard InChI is InChI=1S/C61H119NO5/c1-3-5-7-9-11-13-15-17-18-19-20-21-22-23-24-25-26-27-30-33-37-41-45-49-53-59(64)58(57-63)62-60(65)54-50-46-42-38-34-31-28-29-32-36-40-44-48-52-56-67-61(66)55-51-47-43-39-35-16-14-12-10-8-6-4-2/h12,14,58-59,63-64H,3-11,13,15-57H2,1-2H3,(H,62,65)/b14-12-. The average molecular weight is 947 g/mol. The van der Waals surface area contributed by atoms with Crippen LogP contribution >= 0.6 is 0 Å². The second-order valence-corrected chi connectivity index (χ2v) is 21.0. The normalized spacial score (nSPS) is 12.6. The van der Waals surface area contributed by atoms with Crippen LogP contribution in [0.1, 0.15) is 341 Å². The van der Waals surface area contributed by atoms with E-state index >= 15 is 0 Å². The fourth-order valence-electron chi connectivity index (χ4n) is 9.64. The summed E-state index contributed by atoms with van der Waals surface area (Å²) < 4.78 is 5.46. The Kier molecular flexibility index (Phi) is 56.0. The maximum atomic E-state index is 12.5. The van der Waals surface area contributed by atoms with Gasteiger partial charge < -0.3 is 20.3 Å². The molecule has 0 rings (SSSR count). The number of hydrogen-bond donors (Lipinski definition) is 3. The van der Waals surface area contributed by atoms with Crippen LogP contribution in [0.15, 0.2) is 12.2 Å². The Morgan fingerprint density at radius 3 is 1.09 bits per heavy atom. The van der Waals surface area contributed by atoms with Gasteiger partial charge in [0.1, 0.15) is 0 Å². The first kappa shape index (κ1) is 65.6. The van der Waals surface area contributed by atoms with Crippen LogP contribution in [0.4, 0.5) is 0 Å². The fraction of sp³-hybridized carbons (Fsp3) is 0.934. The van der Waals surface area contributed by atoms with Crippen molar-refractivity contribution >= 4 is 11.9 Å². The number of ether oxygens (including phenoxy) is 1. The summed E-state index contributed by atoms with van der Waals surface area (Å²) in [6, 6.07) is -0.550. The summed E-state index contributed by atoms with van der Waals surface area (Å²) in [6.07, 6.45) is 67.8. The number of carbonyl (C=O) groups excluding carboxylic acids is 2. The number of rotatable bonds is 57. The lowest BCUT2D eigenvalue weighted by atomic mass is 10.0. The maximum Gasteiger partial charge on any atom is 0.305 e. The van der Waals surface area contributed by atoms with Crippen LogP contribution in [0, 0.1) is 0 Å². The molecule has 6 nitrogen and oxygen atoms in total. The molecule has 0 fully saturated rings. The van der Waals surface area contributed by atoms with E-state index in [1.165, 1.54) is 257 Å². The molecule has 0 aromatic rings. The van der Waals surface area contributed by atoms with Gasteiger partial charge in [0.15, 0.2) is 0 Å². The Morgan fingerprint density at radius 2 is 0.701 bits per heavy atom. The van der Waals surface area contributed by atoms with Crippen LogP contribution in [-0.2, 0) is 14.3 Å². The highest BCUT2D eigenvalue weighted by Gasteiger charge is 2.20. The third-order valence-corrected chi connectivity index (χ3v) is 14.3. The second kappa shape index (κ2) is 57.2. The van der Waals surface area contributed by atoms with Crippen molar-refractivity contribution in [3.8, 4) is 0 Å². The van der Waals surface area contributed by atoms with Crippen LogP contribution in [0.2, 0.25) is 0 Å². The Hall–Kier alpha value is -1.40. The summed E-state index contributed by atoms with van der Waals surface area (Å²) in [5.74, 6) is -0.0528. The molecule has 2 unspecified atom stereocenters. The molecule has 0 saturated heterocycles. The highest BCUT2D eigenvalue weighted by Crippen LogP contribution is 2.18. The van der Waals surface area contributed by atoms with E-state index < -0.39 is 12.1 Å². The Bertz CT molecular complexity index is 1000. The van der Waals surface area contributed by atoms with Gasteiger partial charge in [-0.05, 0) is 51.4 Å². The highest BCUT2D eigenvalue weighted by atomic mass is 16.5. The van der Waals surface area contributed by atoms with Gasteiger partial charge in [0, 0.05) is 12.8 Å². The van der Waals surface area contributed by atoms with E-state index in [2.05, 4.69) is 31.3 Å². The predicted octanol–water partition coefficient (Wildman–Crippen LogP) is 18.9. The zero-order valence-electron chi connectivity index (χ0n) is 45.4. The van der Waals surface area contributed by atoms with Crippen molar-refractivity contribution in [1.82, 2.24) is 5.32 Å². The van der Waals surface area contributed by atoms with Gasteiger partial charge in [-0.3, -0.25) is 9.59 Å². The zero-order chi connectivity index (χ0) is 48.6. The molecule has 2 atom stereocenters. The molecule has 0 aliphatic rings. The molecule has 0 bridgehead atoms. The molecular formula is C61H119NO5. The largest absolute Gasteiger partial charge is 0.466 e. The molecule has 6 heteroatoms. The van der Waals surface area contributed by atoms with Gasteiger partial charge in [0.05, 0.1) is 25.4 Å². The van der Waals surface area contributed by atoms with Crippen molar-refractivity contribution in [3.05, 3.63) is 12.2 Å². The van der Waals surface area contributed by atoms with Gasteiger partial charge in [-0.15, -0.1) is 0 Å². The van der Waals surface area contributed by atoms with Gasteiger partial charge in [0.25, 0.3) is 0 Å². The summed E-state index contributed by atoms with van der Waals surface area (Å²) in [5, 5.41) is 23.4. The molecule has 398 valence electrons. The Balaban J connectivity index is 3.43. The monoisotopic (exact) mass is 946 g/mol. The lowest BCUT2D eigenvalue weighted by molar-refractivity contribution is -0.143. The molecule has 1 amide bonds. The summed E-state index contributed by atoms with van der Waals surface area (Å²) in [5.41, 5.74) is 0. The van der Waals surface area contributed by atoms with Crippen molar-refractivity contribution in [2.24, 2.45) is 0 Å². The van der Waals surface area contributed by atoms with Gasteiger partial charge in [-0.2, -0.15) is 0 Å². The maximum absolute atomic E-state index is 12.5. The fourth-order valence-corrected chi connectivity index (χ4v) is 9.64. The topological polar surface area (TPSA) is 95.9 Å². The first-order chi connectivity index (χ1) is 33.0. The minimum Gasteiger partial charge on any atom is -0.466 e. The number of carbonyl (C=O) groups is 2. The molecule has 0 aliphatic carbocycles. The third kappa shape index (κ3) is 53.8. The number of aliphatic hydroxyl groups is 2. The molecule has 0 aromatic heterocycles. The first-order valence-electron chi connectivity index (χ1n) is 30.4. The van der Waals surface area contributed by atoms with Gasteiger partial charge in [-0.25, -0.2) is 0 Å². The van der Waals surface area contributed by atoms with Crippen LogP contribution in [0.5, 0.6) is 0 Å². The minimum absolute atomic E-state index is 0.0111. The van der Waals surface area contributed by atoms with E-state index in [1.807, 2.05) is 0 Å². The van der Waals surface area contributed by atoms with E-state index in [0.717, 1.165) is 51.4 Å². The SMILES string of the molecule is CCCCC/C=C\CCCCCCCC(=O)OCCCCCCCCCCCCCCCCC(=O)NC(CO)C(O)CCCCCCCCCCCCCCCCCCCCCCCCCC. The zero-order valence-corrected chi connectivity index (χ0v) is 45.4. The number of nitrogens with one attached hydrogen (secondary N) is 1. The summed E-state index contributed by atoms with van der Waals surface area (Å²) in [4.78, 5) is 24.5. The van der Waals surface area contributed by atoms with Gasteiger partial charge in [-0.1, -0.05) is 289 Å². The highest BCUT2D eigenvalue weighted by molar-refractivity contribution is 5.76. The minimum atomic E-state index is -0.672.